The molecule has 19 heavy (non-hydrogen) atoms. The Morgan fingerprint density at radius 3 is 2.26 bits per heavy atom. The third kappa shape index (κ3) is 3.99. The first-order chi connectivity index (χ1) is 8.99. The molecule has 0 radical (unpaired) electrons. The lowest BCUT2D eigenvalue weighted by atomic mass is 10.2. The Labute approximate surface area is 119 Å². The fourth-order valence-corrected chi connectivity index (χ4v) is 1.49. The molecule has 2 amide bonds. The summed E-state index contributed by atoms with van der Waals surface area (Å²) in [6.07, 6.45) is -1.58. The number of halogens is 1. The average Bonchev–Trinajstić information content (AvgIpc) is 2.43. The number of nitrogens with zero attached hydrogens (tertiary/aromatic N) is 1. The molecule has 102 valence electrons. The molecule has 0 fully saturated rings. The van der Waals surface area contributed by atoms with Gasteiger partial charge in [0.25, 0.3) is 0 Å². The maximum atomic E-state index is 11.6. The Bertz CT molecular complexity index is 487. The number of nitrogens with one attached hydrogen (secondary N) is 1. The largest absolute Gasteiger partial charge is 0.452 e. The van der Waals surface area contributed by atoms with E-state index in [2.05, 4.69) is 37.4 Å². The maximum absolute atomic E-state index is 11.6. The van der Waals surface area contributed by atoms with Crippen molar-refractivity contribution >= 4 is 33.8 Å². The van der Waals surface area contributed by atoms with E-state index in [9.17, 15) is 9.59 Å². The van der Waals surface area contributed by atoms with Crippen molar-refractivity contribution in [2.75, 3.05) is 14.2 Å². The molecule has 0 spiro atoms. The van der Waals surface area contributed by atoms with Crippen molar-refractivity contribution in [3.05, 3.63) is 40.9 Å². The van der Waals surface area contributed by atoms with Gasteiger partial charge in [-0.25, -0.2) is 15.0 Å². The minimum absolute atomic E-state index is 0.254. The van der Waals surface area contributed by atoms with Gasteiger partial charge in [0.1, 0.15) is 0 Å². The normalized spacial score (nSPS) is 9.42. The second-order valence-corrected chi connectivity index (χ2v) is 4.28. The van der Waals surface area contributed by atoms with E-state index in [1.165, 1.54) is 14.2 Å². The molecule has 0 bridgehead atoms. The molecular weight excluding hydrogens is 316 g/mol. The second-order valence-electron chi connectivity index (χ2n) is 3.36. The van der Waals surface area contributed by atoms with Gasteiger partial charge in [-0.2, -0.15) is 5.01 Å². The Morgan fingerprint density at radius 1 is 1.21 bits per heavy atom. The van der Waals surface area contributed by atoms with Crippen molar-refractivity contribution in [3.63, 3.8) is 0 Å². The highest BCUT2D eigenvalue weighted by molar-refractivity contribution is 9.10. The molecule has 1 rings (SSSR count). The lowest BCUT2D eigenvalue weighted by Crippen LogP contribution is -2.44. The molecule has 1 aromatic rings. The van der Waals surface area contributed by atoms with E-state index < -0.39 is 12.2 Å². The summed E-state index contributed by atoms with van der Waals surface area (Å²) in [7, 11) is 2.39. The monoisotopic (exact) mass is 328 g/mol. The number of benzene rings is 1. The fraction of sp³-hybridized carbons (Fsp3) is 0.167. The van der Waals surface area contributed by atoms with Gasteiger partial charge < -0.3 is 9.47 Å². The van der Waals surface area contributed by atoms with Crippen molar-refractivity contribution in [2.45, 2.75) is 0 Å². The smallest absolute Gasteiger partial charge is 0.433 e. The standard InChI is InChI=1S/C12H13BrN2O4/c1-8(9-4-6-10(13)7-5-9)15(12(17)19-3)14-11(16)18-2/h4-7H,1H2,2-3H3,(H,14,16). The first-order valence-corrected chi connectivity index (χ1v) is 5.96. The highest BCUT2D eigenvalue weighted by Crippen LogP contribution is 2.19. The molecule has 0 unspecified atom stereocenters. The Kier molecular flexibility index (Phi) is 5.37. The fourth-order valence-electron chi connectivity index (χ4n) is 1.22. The van der Waals surface area contributed by atoms with Crippen LogP contribution >= 0.6 is 15.9 Å². The molecule has 0 aliphatic carbocycles. The summed E-state index contributed by atoms with van der Waals surface area (Å²) in [6, 6.07) is 7.05. The number of ether oxygens (including phenoxy) is 2. The summed E-state index contributed by atoms with van der Waals surface area (Å²) in [4.78, 5) is 22.8. The predicted molar refractivity (Wildman–Crippen MR) is 73.0 cm³/mol. The van der Waals surface area contributed by atoms with Gasteiger partial charge in [0.2, 0.25) is 0 Å². The molecular formula is C12H13BrN2O4. The molecule has 0 aromatic heterocycles. The topological polar surface area (TPSA) is 67.9 Å². The zero-order valence-electron chi connectivity index (χ0n) is 10.5. The third-order valence-corrected chi connectivity index (χ3v) is 2.72. The Balaban J connectivity index is 2.96. The summed E-state index contributed by atoms with van der Waals surface area (Å²) in [5.74, 6) is 0. The number of hydrogen-bond donors (Lipinski definition) is 1. The van der Waals surface area contributed by atoms with Crippen LogP contribution in [0.2, 0.25) is 0 Å². The molecule has 1 N–H and O–H groups in total. The van der Waals surface area contributed by atoms with Crippen LogP contribution in [0.15, 0.2) is 35.3 Å². The maximum Gasteiger partial charge on any atom is 0.433 e. The molecule has 1 aromatic carbocycles. The molecule has 0 saturated heterocycles. The minimum atomic E-state index is -0.802. The molecule has 0 heterocycles. The van der Waals surface area contributed by atoms with Crippen LogP contribution in [0.25, 0.3) is 5.70 Å². The SMILES string of the molecule is C=C(c1ccc(Br)cc1)N(NC(=O)OC)C(=O)OC. The number of hydrazine groups is 1. The van der Waals surface area contributed by atoms with Crippen molar-refractivity contribution in [3.8, 4) is 0 Å². The summed E-state index contributed by atoms with van der Waals surface area (Å²) in [5.41, 5.74) is 3.11. The van der Waals surface area contributed by atoms with Crippen LogP contribution in [0.3, 0.4) is 0 Å². The first-order valence-electron chi connectivity index (χ1n) is 5.17. The summed E-state index contributed by atoms with van der Waals surface area (Å²) in [5, 5.41) is 0.870. The van der Waals surface area contributed by atoms with Gasteiger partial charge in [0, 0.05) is 4.47 Å². The van der Waals surface area contributed by atoms with E-state index in [1.807, 2.05) is 0 Å². The van der Waals surface area contributed by atoms with Gasteiger partial charge in [-0.1, -0.05) is 34.6 Å². The zero-order chi connectivity index (χ0) is 14.4. The van der Waals surface area contributed by atoms with Crippen LogP contribution in [0.4, 0.5) is 9.59 Å². The van der Waals surface area contributed by atoms with Gasteiger partial charge in [0.05, 0.1) is 19.9 Å². The van der Waals surface area contributed by atoms with Crippen molar-refractivity contribution in [1.29, 1.82) is 0 Å². The Hall–Kier alpha value is -2.02. The van der Waals surface area contributed by atoms with Crippen molar-refractivity contribution < 1.29 is 19.1 Å². The second kappa shape index (κ2) is 6.79. The number of carbonyl (C=O) groups is 2. The highest BCUT2D eigenvalue weighted by Gasteiger charge is 2.21. The van der Waals surface area contributed by atoms with E-state index in [4.69, 9.17) is 0 Å². The number of rotatable bonds is 2. The van der Waals surface area contributed by atoms with Gasteiger partial charge >= 0.3 is 12.2 Å². The van der Waals surface area contributed by atoms with Crippen molar-refractivity contribution in [2.24, 2.45) is 0 Å². The zero-order valence-corrected chi connectivity index (χ0v) is 12.1. The predicted octanol–water partition coefficient (Wildman–Crippen LogP) is 2.76. The first kappa shape index (κ1) is 15.0. The molecule has 0 aliphatic heterocycles. The molecule has 0 aliphatic rings. The third-order valence-electron chi connectivity index (χ3n) is 2.19. The highest BCUT2D eigenvalue weighted by atomic mass is 79.9. The summed E-state index contributed by atoms with van der Waals surface area (Å²) in [6.45, 7) is 3.75. The van der Waals surface area contributed by atoms with E-state index in [1.54, 1.807) is 24.3 Å². The molecule has 6 nitrogen and oxygen atoms in total. The van der Waals surface area contributed by atoms with Crippen LogP contribution in [0.1, 0.15) is 5.56 Å². The van der Waals surface area contributed by atoms with Crippen LogP contribution < -0.4 is 5.43 Å². The summed E-state index contributed by atoms with van der Waals surface area (Å²) < 4.78 is 9.89. The minimum Gasteiger partial charge on any atom is -0.452 e. The van der Waals surface area contributed by atoms with Gasteiger partial charge in [0.15, 0.2) is 0 Å². The average molecular weight is 329 g/mol. The van der Waals surface area contributed by atoms with Crippen LogP contribution in [0.5, 0.6) is 0 Å². The van der Waals surface area contributed by atoms with E-state index in [0.29, 0.717) is 5.56 Å². The van der Waals surface area contributed by atoms with Gasteiger partial charge in [-0.05, 0) is 17.7 Å². The van der Waals surface area contributed by atoms with Gasteiger partial charge in [-0.15, -0.1) is 0 Å². The summed E-state index contributed by atoms with van der Waals surface area (Å²) >= 11 is 3.30. The van der Waals surface area contributed by atoms with Crippen molar-refractivity contribution in [1.82, 2.24) is 10.4 Å². The number of carbonyl (C=O) groups excluding carboxylic acids is 2. The van der Waals surface area contributed by atoms with E-state index >= 15 is 0 Å². The molecule has 0 atom stereocenters. The number of hydrogen-bond acceptors (Lipinski definition) is 4. The molecule has 0 saturated carbocycles. The van der Waals surface area contributed by atoms with Crippen LogP contribution in [-0.4, -0.2) is 31.4 Å². The molecule has 7 heteroatoms. The number of amides is 2. The van der Waals surface area contributed by atoms with E-state index in [-0.39, 0.29) is 5.70 Å². The van der Waals surface area contributed by atoms with E-state index in [0.717, 1.165) is 9.48 Å². The lowest BCUT2D eigenvalue weighted by molar-refractivity contribution is 0.113. The number of methoxy groups -OCH3 is 2. The van der Waals surface area contributed by atoms with Gasteiger partial charge in [-0.3, -0.25) is 0 Å². The lowest BCUT2D eigenvalue weighted by Gasteiger charge is -2.23. The van der Waals surface area contributed by atoms with Crippen LogP contribution in [0, 0.1) is 0 Å². The quantitative estimate of drug-likeness (QED) is 0.847. The Morgan fingerprint density at radius 2 is 1.79 bits per heavy atom. The van der Waals surface area contributed by atoms with Crippen LogP contribution in [-0.2, 0) is 9.47 Å².